The third-order valence-corrected chi connectivity index (χ3v) is 4.84. The van der Waals surface area contributed by atoms with Crippen molar-refractivity contribution in [2.45, 2.75) is 64.2 Å². The lowest BCUT2D eigenvalue weighted by Crippen LogP contribution is -2.13. The summed E-state index contributed by atoms with van der Waals surface area (Å²) in [5, 5.41) is 24.4. The molecule has 3 N–H and O–H groups in total. The minimum atomic E-state index is -0.706. The monoisotopic (exact) mass is 394 g/mol. The van der Waals surface area contributed by atoms with Crippen LogP contribution in [-0.4, -0.2) is 29.6 Å². The van der Waals surface area contributed by atoms with Gasteiger partial charge >= 0.3 is 5.97 Å². The van der Waals surface area contributed by atoms with Gasteiger partial charge in [-0.2, -0.15) is 4.94 Å². The van der Waals surface area contributed by atoms with E-state index in [1.807, 2.05) is 0 Å². The van der Waals surface area contributed by atoms with Crippen molar-refractivity contribution in [1.29, 1.82) is 0 Å². The Balaban J connectivity index is 1.58. The molecule has 0 aliphatic carbocycles. The molecule has 0 amide bonds. The summed E-state index contributed by atoms with van der Waals surface area (Å²) in [5.41, 5.74) is 4.57. The van der Waals surface area contributed by atoms with Crippen LogP contribution in [0.3, 0.4) is 0 Å². The molecule has 0 unspecified atom stereocenters. The van der Waals surface area contributed by atoms with Crippen molar-refractivity contribution in [2.75, 3.05) is 29.5 Å². The Morgan fingerprint density at radius 1 is 1.14 bits per heavy atom. The quantitative estimate of drug-likeness (QED) is 0.236. The van der Waals surface area contributed by atoms with Crippen LogP contribution in [0.5, 0.6) is 0 Å². The van der Waals surface area contributed by atoms with Crippen molar-refractivity contribution in [3.8, 4) is 0 Å². The highest BCUT2D eigenvalue weighted by Gasteiger charge is 2.29. The summed E-state index contributed by atoms with van der Waals surface area (Å²) in [5.74, 6) is -0.706. The summed E-state index contributed by atoms with van der Waals surface area (Å²) < 4.78 is 0. The van der Waals surface area contributed by atoms with Crippen molar-refractivity contribution in [3.05, 3.63) is 22.2 Å². The number of carbonyl (C=O) groups is 1. The lowest BCUT2D eigenvalue weighted by Gasteiger charge is -2.11. The van der Waals surface area contributed by atoms with E-state index in [1.165, 1.54) is 36.8 Å². The van der Waals surface area contributed by atoms with E-state index in [0.29, 0.717) is 11.4 Å². The zero-order chi connectivity index (χ0) is 20.4. The number of benzene rings is 1. The molecule has 2 rings (SSSR count). The zero-order valence-electron chi connectivity index (χ0n) is 16.4. The van der Waals surface area contributed by atoms with E-state index >= 15 is 0 Å². The SMILES string of the molecule is CN1ONc2c(NCCCCCCCCCCCC(=O)O)ccc([N+](=O)[O-])c21. The van der Waals surface area contributed by atoms with E-state index in [0.717, 1.165) is 44.3 Å². The zero-order valence-corrected chi connectivity index (χ0v) is 16.4. The molecule has 0 radical (unpaired) electrons. The van der Waals surface area contributed by atoms with Crippen LogP contribution in [0.1, 0.15) is 64.2 Å². The maximum atomic E-state index is 11.2. The number of rotatable bonds is 14. The maximum Gasteiger partial charge on any atom is 0.303 e. The summed E-state index contributed by atoms with van der Waals surface area (Å²) in [6.07, 6.45) is 10.1. The van der Waals surface area contributed by atoms with Gasteiger partial charge in [-0.1, -0.05) is 44.9 Å². The second-order valence-corrected chi connectivity index (χ2v) is 7.06. The van der Waals surface area contributed by atoms with Gasteiger partial charge in [0.25, 0.3) is 5.69 Å². The second kappa shape index (κ2) is 11.3. The molecule has 1 heterocycles. The normalized spacial score (nSPS) is 12.5. The Kier molecular flexibility index (Phi) is 8.80. The van der Waals surface area contributed by atoms with Gasteiger partial charge in [-0.15, -0.1) is 0 Å². The average molecular weight is 394 g/mol. The second-order valence-electron chi connectivity index (χ2n) is 7.06. The topological polar surface area (TPSA) is 117 Å². The summed E-state index contributed by atoms with van der Waals surface area (Å²) in [4.78, 5) is 26.3. The lowest BCUT2D eigenvalue weighted by molar-refractivity contribution is -0.384. The summed E-state index contributed by atoms with van der Waals surface area (Å²) in [7, 11) is 1.63. The number of fused-ring (bicyclic) bond motifs is 1. The van der Waals surface area contributed by atoms with Crippen molar-refractivity contribution in [2.24, 2.45) is 0 Å². The Labute approximate surface area is 165 Å². The number of carboxylic acid groups (broad SMARTS) is 1. The van der Waals surface area contributed by atoms with Crippen molar-refractivity contribution in [3.63, 3.8) is 0 Å². The number of hydrogen-bond donors (Lipinski definition) is 3. The van der Waals surface area contributed by atoms with Gasteiger partial charge in [-0.25, -0.2) is 10.5 Å². The van der Waals surface area contributed by atoms with Crippen LogP contribution in [0.2, 0.25) is 0 Å². The number of aliphatic carboxylic acids is 1. The molecule has 0 fully saturated rings. The molecular formula is C19H30N4O5. The van der Waals surface area contributed by atoms with Crippen LogP contribution in [-0.2, 0) is 9.73 Å². The highest BCUT2D eigenvalue weighted by atomic mass is 16.8. The largest absolute Gasteiger partial charge is 0.481 e. The Bertz CT molecular complexity index is 668. The fourth-order valence-corrected chi connectivity index (χ4v) is 3.32. The standard InChI is InChI=1S/C19H30N4O5/c1-22-19-16(23(26)27)13-12-15(18(19)21-28-22)20-14-10-8-6-4-2-3-5-7-9-11-17(24)25/h12-13,20-21H,2-11,14H2,1H3,(H,24,25). The van der Waals surface area contributed by atoms with Crippen LogP contribution in [0.15, 0.2) is 12.1 Å². The van der Waals surface area contributed by atoms with Crippen molar-refractivity contribution < 1.29 is 19.8 Å². The van der Waals surface area contributed by atoms with E-state index in [-0.39, 0.29) is 12.1 Å². The van der Waals surface area contributed by atoms with Crippen molar-refractivity contribution >= 4 is 28.7 Å². The molecule has 1 aromatic rings. The van der Waals surface area contributed by atoms with Gasteiger partial charge in [0.05, 0.1) is 10.6 Å². The summed E-state index contributed by atoms with van der Waals surface area (Å²) >= 11 is 0. The first-order valence-electron chi connectivity index (χ1n) is 9.94. The lowest BCUT2D eigenvalue weighted by atomic mass is 10.1. The Hall–Kier alpha value is -2.55. The number of carboxylic acids is 1. The van der Waals surface area contributed by atoms with Crippen LogP contribution in [0.4, 0.5) is 22.7 Å². The van der Waals surface area contributed by atoms with Gasteiger partial charge in [0, 0.05) is 26.1 Å². The molecule has 0 bridgehead atoms. The van der Waals surface area contributed by atoms with Crippen molar-refractivity contribution in [1.82, 2.24) is 0 Å². The van der Waals surface area contributed by atoms with Gasteiger partial charge in [-0.3, -0.25) is 14.9 Å². The van der Waals surface area contributed by atoms with E-state index < -0.39 is 10.9 Å². The van der Waals surface area contributed by atoms with Gasteiger partial charge < -0.3 is 10.4 Å². The first-order chi connectivity index (χ1) is 13.5. The third-order valence-electron chi connectivity index (χ3n) is 4.84. The van der Waals surface area contributed by atoms with Crippen LogP contribution in [0.25, 0.3) is 0 Å². The van der Waals surface area contributed by atoms with E-state index in [9.17, 15) is 14.9 Å². The predicted octanol–water partition coefficient (Wildman–Crippen LogP) is 4.70. The first-order valence-corrected chi connectivity index (χ1v) is 9.94. The highest BCUT2D eigenvalue weighted by Crippen LogP contribution is 2.44. The molecule has 9 nitrogen and oxygen atoms in total. The molecule has 28 heavy (non-hydrogen) atoms. The molecule has 1 aliphatic rings. The molecule has 0 saturated heterocycles. The van der Waals surface area contributed by atoms with E-state index in [4.69, 9.17) is 10.0 Å². The first kappa shape index (κ1) is 21.7. The number of nitro groups is 1. The molecule has 0 aromatic heterocycles. The molecule has 0 spiro atoms. The fraction of sp³-hybridized carbons (Fsp3) is 0.632. The Morgan fingerprint density at radius 3 is 2.36 bits per heavy atom. The van der Waals surface area contributed by atoms with E-state index in [1.54, 1.807) is 13.1 Å². The fourth-order valence-electron chi connectivity index (χ4n) is 3.32. The molecule has 156 valence electrons. The van der Waals surface area contributed by atoms with Gasteiger partial charge in [0.2, 0.25) is 0 Å². The third kappa shape index (κ3) is 6.56. The molecule has 0 atom stereocenters. The molecular weight excluding hydrogens is 364 g/mol. The number of nitrogens with one attached hydrogen (secondary N) is 2. The minimum Gasteiger partial charge on any atom is -0.481 e. The van der Waals surface area contributed by atoms with Gasteiger partial charge in [0.1, 0.15) is 5.69 Å². The predicted molar refractivity (Wildman–Crippen MR) is 109 cm³/mol. The highest BCUT2D eigenvalue weighted by molar-refractivity contribution is 5.90. The number of hydrogen-bond acceptors (Lipinski definition) is 7. The number of nitro benzene ring substituents is 1. The summed E-state index contributed by atoms with van der Waals surface area (Å²) in [6, 6.07) is 3.20. The number of anilines is 3. The van der Waals surface area contributed by atoms with Gasteiger partial charge in [-0.05, 0) is 18.9 Å². The maximum absolute atomic E-state index is 11.2. The molecule has 1 aromatic carbocycles. The van der Waals surface area contributed by atoms with Crippen LogP contribution in [0, 0.1) is 10.1 Å². The number of nitrogens with zero attached hydrogens (tertiary/aromatic N) is 2. The molecule has 0 saturated carbocycles. The van der Waals surface area contributed by atoms with Crippen LogP contribution >= 0.6 is 0 Å². The number of hydroxylamine groups is 1. The average Bonchev–Trinajstić information content (AvgIpc) is 3.04. The van der Waals surface area contributed by atoms with E-state index in [2.05, 4.69) is 10.8 Å². The van der Waals surface area contributed by atoms with Crippen LogP contribution < -0.4 is 15.9 Å². The summed E-state index contributed by atoms with van der Waals surface area (Å²) in [6.45, 7) is 0.796. The Morgan fingerprint density at radius 2 is 1.75 bits per heavy atom. The van der Waals surface area contributed by atoms with Gasteiger partial charge in [0.15, 0.2) is 5.69 Å². The smallest absolute Gasteiger partial charge is 0.303 e. The molecule has 9 heteroatoms. The minimum absolute atomic E-state index is 0.0102. The molecule has 1 aliphatic heterocycles. The number of unbranched alkanes of at least 4 members (excludes halogenated alkanes) is 8.